The highest BCUT2D eigenvalue weighted by Crippen LogP contribution is 2.38. The number of ether oxygens (including phenoxy) is 1. The van der Waals surface area contributed by atoms with E-state index in [-0.39, 0.29) is 5.91 Å². The van der Waals surface area contributed by atoms with E-state index in [1.165, 1.54) is 11.3 Å². The number of thiazole rings is 1. The monoisotopic (exact) mass is 289 g/mol. The van der Waals surface area contributed by atoms with E-state index in [9.17, 15) is 4.79 Å². The molecule has 1 unspecified atom stereocenters. The van der Waals surface area contributed by atoms with Gasteiger partial charge in [0.15, 0.2) is 11.2 Å². The molecule has 0 radical (unpaired) electrons. The van der Waals surface area contributed by atoms with Crippen molar-refractivity contribution in [1.29, 1.82) is 0 Å². The van der Waals surface area contributed by atoms with Gasteiger partial charge >= 0.3 is 0 Å². The minimum atomic E-state index is -0.449. The molecule has 5 nitrogen and oxygen atoms in total. The first-order valence-corrected chi connectivity index (χ1v) is 7.10. The fourth-order valence-corrected chi connectivity index (χ4v) is 3.05. The van der Waals surface area contributed by atoms with Gasteiger partial charge in [0.2, 0.25) is 0 Å². The molecule has 2 aromatic rings. The summed E-state index contributed by atoms with van der Waals surface area (Å²) in [7, 11) is 1.76. The Hall–Kier alpha value is -2.08. The number of hydrogen-bond acceptors (Lipinski definition) is 5. The normalized spacial score (nSPS) is 17.9. The summed E-state index contributed by atoms with van der Waals surface area (Å²) in [6, 6.07) is 5.73. The molecule has 0 spiro atoms. The Morgan fingerprint density at radius 1 is 1.45 bits per heavy atom. The molecule has 3 rings (SSSR count). The number of rotatable bonds is 1. The molecule has 1 aromatic heterocycles. The quantitative estimate of drug-likeness (QED) is 0.875. The number of carbonyl (C=O) groups is 1. The van der Waals surface area contributed by atoms with Gasteiger partial charge in [0.1, 0.15) is 5.75 Å². The highest BCUT2D eigenvalue weighted by atomic mass is 32.1. The lowest BCUT2D eigenvalue weighted by atomic mass is 10.1. The number of aryl methyl sites for hydroxylation is 1. The van der Waals surface area contributed by atoms with E-state index in [4.69, 9.17) is 10.5 Å². The molecule has 1 aliphatic heterocycles. The van der Waals surface area contributed by atoms with E-state index in [0.29, 0.717) is 10.9 Å². The van der Waals surface area contributed by atoms with Crippen molar-refractivity contribution in [3.63, 3.8) is 0 Å². The number of nitrogens with two attached hydrogens (primary N) is 1. The highest BCUT2D eigenvalue weighted by Gasteiger charge is 2.29. The largest absolute Gasteiger partial charge is 0.479 e. The minimum absolute atomic E-state index is 0.0517. The second kappa shape index (κ2) is 4.49. The van der Waals surface area contributed by atoms with Crippen LogP contribution in [0.25, 0.3) is 11.3 Å². The Balaban J connectivity index is 2.10. The summed E-state index contributed by atoms with van der Waals surface area (Å²) in [5, 5.41) is 0.546. The van der Waals surface area contributed by atoms with Crippen molar-refractivity contribution in [3.05, 3.63) is 23.1 Å². The second-order valence-electron chi connectivity index (χ2n) is 4.80. The van der Waals surface area contributed by atoms with Crippen LogP contribution in [0.15, 0.2) is 18.2 Å². The smallest absolute Gasteiger partial charge is 0.267 e. The van der Waals surface area contributed by atoms with Crippen LogP contribution in [0.2, 0.25) is 0 Å². The van der Waals surface area contributed by atoms with E-state index in [1.54, 1.807) is 18.9 Å². The molecule has 0 bridgehead atoms. The average Bonchev–Trinajstić information content (AvgIpc) is 2.75. The number of carbonyl (C=O) groups excluding carboxylic acids is 1. The number of aromatic nitrogens is 1. The summed E-state index contributed by atoms with van der Waals surface area (Å²) in [5.41, 5.74) is 8.29. The molecule has 0 saturated carbocycles. The van der Waals surface area contributed by atoms with E-state index in [2.05, 4.69) is 4.98 Å². The summed E-state index contributed by atoms with van der Waals surface area (Å²) in [5.74, 6) is 0.661. The molecule has 0 aliphatic carbocycles. The molecule has 20 heavy (non-hydrogen) atoms. The third-order valence-corrected chi connectivity index (χ3v) is 4.19. The van der Waals surface area contributed by atoms with E-state index >= 15 is 0 Å². The first-order chi connectivity index (χ1) is 9.47. The average molecular weight is 289 g/mol. The molecule has 104 valence electrons. The van der Waals surface area contributed by atoms with Crippen LogP contribution in [0.3, 0.4) is 0 Å². The number of fused-ring (bicyclic) bond motifs is 1. The Kier molecular flexibility index (Phi) is 2.90. The van der Waals surface area contributed by atoms with Gasteiger partial charge in [-0.15, -0.1) is 11.3 Å². The zero-order valence-electron chi connectivity index (χ0n) is 11.5. The van der Waals surface area contributed by atoms with Crippen LogP contribution in [0.4, 0.5) is 10.8 Å². The summed E-state index contributed by atoms with van der Waals surface area (Å²) in [6.45, 7) is 3.73. The van der Waals surface area contributed by atoms with Crippen molar-refractivity contribution in [2.75, 3.05) is 17.7 Å². The number of amides is 1. The van der Waals surface area contributed by atoms with Crippen molar-refractivity contribution in [3.8, 4) is 17.0 Å². The maximum Gasteiger partial charge on any atom is 0.267 e. The molecular formula is C14H15N3O2S. The van der Waals surface area contributed by atoms with Crippen molar-refractivity contribution in [1.82, 2.24) is 4.98 Å². The van der Waals surface area contributed by atoms with Crippen molar-refractivity contribution >= 4 is 28.1 Å². The fourth-order valence-electron chi connectivity index (χ4n) is 2.34. The summed E-state index contributed by atoms with van der Waals surface area (Å²) in [6.07, 6.45) is -0.449. The predicted molar refractivity (Wildman–Crippen MR) is 80.2 cm³/mol. The third-order valence-electron chi connectivity index (χ3n) is 3.39. The first-order valence-electron chi connectivity index (χ1n) is 6.29. The van der Waals surface area contributed by atoms with Gasteiger partial charge in [0, 0.05) is 17.5 Å². The predicted octanol–water partition coefficient (Wildman–Crippen LogP) is 2.44. The molecule has 2 N–H and O–H groups in total. The van der Waals surface area contributed by atoms with Crippen LogP contribution >= 0.6 is 11.3 Å². The Labute approximate surface area is 121 Å². The lowest BCUT2D eigenvalue weighted by Gasteiger charge is -2.30. The first kappa shape index (κ1) is 12.9. The lowest BCUT2D eigenvalue weighted by Crippen LogP contribution is -2.41. The molecule has 1 atom stereocenters. The van der Waals surface area contributed by atoms with Crippen molar-refractivity contribution < 1.29 is 9.53 Å². The lowest BCUT2D eigenvalue weighted by molar-refractivity contribution is -0.125. The van der Waals surface area contributed by atoms with Crippen LogP contribution < -0.4 is 15.4 Å². The van der Waals surface area contributed by atoms with Gasteiger partial charge < -0.3 is 15.4 Å². The van der Waals surface area contributed by atoms with Crippen LogP contribution in [0, 0.1) is 6.92 Å². The number of hydrogen-bond donors (Lipinski definition) is 1. The molecule has 1 amide bonds. The van der Waals surface area contributed by atoms with Crippen LogP contribution in [-0.4, -0.2) is 24.0 Å². The molecular weight excluding hydrogens is 274 g/mol. The van der Waals surface area contributed by atoms with Gasteiger partial charge in [-0.25, -0.2) is 4.98 Å². The van der Waals surface area contributed by atoms with Gasteiger partial charge in [-0.3, -0.25) is 4.79 Å². The van der Waals surface area contributed by atoms with Gasteiger partial charge in [0.05, 0.1) is 11.4 Å². The van der Waals surface area contributed by atoms with Gasteiger partial charge in [0.25, 0.3) is 5.91 Å². The van der Waals surface area contributed by atoms with Gasteiger partial charge in [-0.2, -0.15) is 0 Å². The summed E-state index contributed by atoms with van der Waals surface area (Å²) >= 11 is 1.46. The minimum Gasteiger partial charge on any atom is -0.479 e. The standard InChI is InChI=1S/C14H15N3O2S/c1-7-13(18)17(3)10-6-9(4-5-11(10)19-7)12-8(2)20-14(15)16-12/h4-7H,1-3H3,(H2,15,16). The number of nitrogen functional groups attached to an aromatic ring is 1. The maximum absolute atomic E-state index is 12.0. The zero-order chi connectivity index (χ0) is 14.4. The van der Waals surface area contributed by atoms with Gasteiger partial charge in [-0.05, 0) is 32.0 Å². The molecule has 0 saturated heterocycles. The summed E-state index contributed by atoms with van der Waals surface area (Å²) in [4.78, 5) is 19.0. The van der Waals surface area contributed by atoms with Crippen molar-refractivity contribution in [2.45, 2.75) is 20.0 Å². The summed E-state index contributed by atoms with van der Waals surface area (Å²) < 4.78 is 5.61. The van der Waals surface area contributed by atoms with Gasteiger partial charge in [-0.1, -0.05) is 0 Å². The molecule has 2 heterocycles. The fraction of sp³-hybridized carbons (Fsp3) is 0.286. The van der Waals surface area contributed by atoms with Crippen LogP contribution in [0.5, 0.6) is 5.75 Å². The maximum atomic E-state index is 12.0. The Morgan fingerprint density at radius 3 is 2.85 bits per heavy atom. The topological polar surface area (TPSA) is 68.5 Å². The number of anilines is 2. The molecule has 0 fully saturated rings. The third kappa shape index (κ3) is 1.92. The number of likely N-dealkylation sites (N-methyl/N-ethyl adjacent to an activating group) is 1. The zero-order valence-corrected chi connectivity index (χ0v) is 12.3. The van der Waals surface area contributed by atoms with E-state index in [1.807, 2.05) is 25.1 Å². The van der Waals surface area contributed by atoms with E-state index < -0.39 is 6.10 Å². The molecule has 6 heteroatoms. The SMILES string of the molecule is Cc1sc(N)nc1-c1ccc2c(c1)N(C)C(=O)C(C)O2. The second-order valence-corrected chi connectivity index (χ2v) is 6.03. The van der Waals surface area contributed by atoms with Crippen LogP contribution in [0.1, 0.15) is 11.8 Å². The molecule has 1 aliphatic rings. The Bertz CT molecular complexity index is 696. The highest BCUT2D eigenvalue weighted by molar-refractivity contribution is 7.15. The van der Waals surface area contributed by atoms with E-state index in [0.717, 1.165) is 21.8 Å². The Morgan fingerprint density at radius 2 is 2.20 bits per heavy atom. The molecule has 1 aromatic carbocycles. The number of benzene rings is 1. The van der Waals surface area contributed by atoms with Crippen LogP contribution in [-0.2, 0) is 4.79 Å². The van der Waals surface area contributed by atoms with Crippen molar-refractivity contribution in [2.24, 2.45) is 0 Å². The number of nitrogens with zero attached hydrogens (tertiary/aromatic N) is 2.